The summed E-state index contributed by atoms with van der Waals surface area (Å²) < 4.78 is 16.9. The zero-order valence-corrected chi connectivity index (χ0v) is 18.4. The Balaban J connectivity index is 1.41. The van der Waals surface area contributed by atoms with Crippen LogP contribution in [0.15, 0.2) is 42.5 Å². The zero-order valence-electron chi connectivity index (χ0n) is 17.6. The first-order valence-corrected chi connectivity index (χ1v) is 11.3. The van der Waals surface area contributed by atoms with Crippen LogP contribution in [0.25, 0.3) is 0 Å². The quantitative estimate of drug-likeness (QED) is 0.420. The Kier molecular flexibility index (Phi) is 7.68. The molecule has 0 spiro atoms. The summed E-state index contributed by atoms with van der Waals surface area (Å²) in [5, 5.41) is 40.5. The van der Waals surface area contributed by atoms with Gasteiger partial charge in [-0.2, -0.15) is 0 Å². The number of hydrogen-bond acceptors (Lipinski definition) is 7. The van der Waals surface area contributed by atoms with Gasteiger partial charge in [-0.05, 0) is 54.2 Å². The molecule has 32 heavy (non-hydrogen) atoms. The molecule has 1 heterocycles. The molecular weight excluding hydrogens is 436 g/mol. The van der Waals surface area contributed by atoms with E-state index in [9.17, 15) is 20.4 Å². The van der Waals surface area contributed by atoms with Gasteiger partial charge >= 0.3 is 0 Å². The van der Waals surface area contributed by atoms with Gasteiger partial charge in [0.1, 0.15) is 42.9 Å². The highest BCUT2D eigenvalue weighted by atomic mass is 35.5. The maximum Gasteiger partial charge on any atom is 0.119 e. The van der Waals surface area contributed by atoms with Crippen LogP contribution in [0.5, 0.6) is 5.75 Å². The lowest BCUT2D eigenvalue weighted by atomic mass is 9.90. The van der Waals surface area contributed by atoms with Crippen LogP contribution in [0, 0.1) is 0 Å². The van der Waals surface area contributed by atoms with Gasteiger partial charge in [-0.1, -0.05) is 35.9 Å². The van der Waals surface area contributed by atoms with Gasteiger partial charge < -0.3 is 34.6 Å². The smallest absolute Gasteiger partial charge is 0.119 e. The normalized spacial score (nSPS) is 28.0. The first-order valence-electron chi connectivity index (χ1n) is 10.9. The molecule has 1 saturated carbocycles. The SMILES string of the molecule is OC[C@H]1OC(c2ccc(Cl)c(Cc3ccc(OCCOC4CC4)cc3)c2)C(O)C(O)C1O. The Labute approximate surface area is 192 Å². The first kappa shape index (κ1) is 23.4. The van der Waals surface area contributed by atoms with E-state index in [1.807, 2.05) is 30.3 Å². The number of halogens is 1. The minimum Gasteiger partial charge on any atom is -0.491 e. The summed E-state index contributed by atoms with van der Waals surface area (Å²) in [6.07, 6.45) is -2.73. The Morgan fingerprint density at radius 1 is 0.938 bits per heavy atom. The van der Waals surface area contributed by atoms with Gasteiger partial charge in [0.05, 0.1) is 19.3 Å². The van der Waals surface area contributed by atoms with Crippen LogP contribution in [-0.4, -0.2) is 70.8 Å². The number of benzene rings is 2. The van der Waals surface area contributed by atoms with Crippen molar-refractivity contribution in [2.45, 2.75) is 55.9 Å². The van der Waals surface area contributed by atoms with Crippen molar-refractivity contribution < 1.29 is 34.6 Å². The van der Waals surface area contributed by atoms with Crippen LogP contribution in [0.2, 0.25) is 5.02 Å². The molecule has 8 heteroatoms. The van der Waals surface area contributed by atoms with Crippen molar-refractivity contribution in [2.75, 3.05) is 19.8 Å². The third kappa shape index (κ3) is 5.61. The zero-order chi connectivity index (χ0) is 22.7. The largest absolute Gasteiger partial charge is 0.491 e. The van der Waals surface area contributed by atoms with E-state index < -0.39 is 37.1 Å². The fourth-order valence-electron chi connectivity index (χ4n) is 3.82. The van der Waals surface area contributed by atoms with E-state index in [0.29, 0.717) is 36.3 Å². The van der Waals surface area contributed by atoms with Crippen molar-refractivity contribution in [1.82, 2.24) is 0 Å². The third-order valence-corrected chi connectivity index (χ3v) is 6.21. The molecule has 174 valence electrons. The van der Waals surface area contributed by atoms with Crippen molar-refractivity contribution in [2.24, 2.45) is 0 Å². The molecule has 0 radical (unpaired) electrons. The highest BCUT2D eigenvalue weighted by Gasteiger charge is 2.44. The Morgan fingerprint density at radius 2 is 1.69 bits per heavy atom. The summed E-state index contributed by atoms with van der Waals surface area (Å²) in [7, 11) is 0. The Bertz CT molecular complexity index is 884. The van der Waals surface area contributed by atoms with E-state index in [1.165, 1.54) is 0 Å². The second kappa shape index (κ2) is 10.5. The molecule has 5 atom stereocenters. The molecule has 1 saturated heterocycles. The van der Waals surface area contributed by atoms with Gasteiger partial charge in [0.15, 0.2) is 0 Å². The second-order valence-electron chi connectivity index (χ2n) is 8.34. The molecule has 7 nitrogen and oxygen atoms in total. The fraction of sp³-hybridized carbons (Fsp3) is 0.500. The summed E-state index contributed by atoms with van der Waals surface area (Å²) in [6.45, 7) is 0.638. The summed E-state index contributed by atoms with van der Waals surface area (Å²) >= 11 is 6.40. The van der Waals surface area contributed by atoms with Crippen molar-refractivity contribution in [3.8, 4) is 5.75 Å². The van der Waals surface area contributed by atoms with Crippen LogP contribution in [0.1, 0.15) is 35.6 Å². The maximum atomic E-state index is 10.4. The van der Waals surface area contributed by atoms with Crippen molar-refractivity contribution >= 4 is 11.6 Å². The summed E-state index contributed by atoms with van der Waals surface area (Å²) in [5.41, 5.74) is 2.46. The predicted molar refractivity (Wildman–Crippen MR) is 118 cm³/mol. The van der Waals surface area contributed by atoms with Crippen LogP contribution < -0.4 is 4.74 Å². The fourth-order valence-corrected chi connectivity index (χ4v) is 4.00. The Morgan fingerprint density at radius 3 is 2.38 bits per heavy atom. The molecule has 2 aliphatic rings. The van der Waals surface area contributed by atoms with Crippen molar-refractivity contribution in [3.63, 3.8) is 0 Å². The molecule has 4 rings (SSSR count). The number of rotatable bonds is 9. The van der Waals surface area contributed by atoms with Gasteiger partial charge in [0.2, 0.25) is 0 Å². The molecule has 0 amide bonds. The van der Waals surface area contributed by atoms with Gasteiger partial charge in [-0.3, -0.25) is 0 Å². The summed E-state index contributed by atoms with van der Waals surface area (Å²) in [6, 6.07) is 13.0. The molecule has 0 bridgehead atoms. The van der Waals surface area contributed by atoms with Gasteiger partial charge in [0.25, 0.3) is 0 Å². The molecule has 2 aromatic carbocycles. The van der Waals surface area contributed by atoms with Crippen molar-refractivity contribution in [1.29, 1.82) is 0 Å². The van der Waals surface area contributed by atoms with E-state index in [-0.39, 0.29) is 0 Å². The minimum atomic E-state index is -1.42. The molecule has 2 fully saturated rings. The van der Waals surface area contributed by atoms with Crippen LogP contribution in [0.3, 0.4) is 0 Å². The van der Waals surface area contributed by atoms with E-state index in [2.05, 4.69) is 0 Å². The second-order valence-corrected chi connectivity index (χ2v) is 8.75. The molecule has 4 unspecified atom stereocenters. The first-order chi connectivity index (χ1) is 15.5. The molecule has 1 aliphatic carbocycles. The summed E-state index contributed by atoms with van der Waals surface area (Å²) in [5.74, 6) is 0.773. The minimum absolute atomic E-state index is 0.421. The average Bonchev–Trinajstić information content (AvgIpc) is 3.63. The predicted octanol–water partition coefficient (Wildman–Crippen LogP) is 2.00. The monoisotopic (exact) mass is 464 g/mol. The molecule has 2 aromatic rings. The molecular formula is C24H29ClO7. The third-order valence-electron chi connectivity index (χ3n) is 5.84. The van der Waals surface area contributed by atoms with E-state index in [0.717, 1.165) is 29.7 Å². The van der Waals surface area contributed by atoms with Gasteiger partial charge in [0, 0.05) is 5.02 Å². The topological polar surface area (TPSA) is 109 Å². The average molecular weight is 465 g/mol. The van der Waals surface area contributed by atoms with Gasteiger partial charge in [-0.25, -0.2) is 0 Å². The van der Waals surface area contributed by atoms with Crippen LogP contribution >= 0.6 is 11.6 Å². The van der Waals surface area contributed by atoms with E-state index >= 15 is 0 Å². The van der Waals surface area contributed by atoms with Crippen LogP contribution in [0.4, 0.5) is 0 Å². The lowest BCUT2D eigenvalue weighted by Crippen LogP contribution is -2.55. The lowest BCUT2D eigenvalue weighted by Gasteiger charge is -2.40. The van der Waals surface area contributed by atoms with Crippen molar-refractivity contribution in [3.05, 3.63) is 64.2 Å². The number of ether oxygens (including phenoxy) is 3. The maximum absolute atomic E-state index is 10.4. The standard InChI is InChI=1S/C24H29ClO7/c25-19-8-3-15(24-23(29)22(28)21(27)20(13-26)32-24)12-16(19)11-14-1-4-17(5-2-14)30-9-10-31-18-6-7-18/h1-5,8,12,18,20-24,26-29H,6-7,9-11,13H2/t20-,21?,22?,23?,24?/m1/s1. The van der Waals surface area contributed by atoms with E-state index in [4.69, 9.17) is 25.8 Å². The Hall–Kier alpha value is -1.71. The molecule has 4 N–H and O–H groups in total. The lowest BCUT2D eigenvalue weighted by molar-refractivity contribution is -0.231. The highest BCUT2D eigenvalue weighted by Crippen LogP contribution is 2.34. The van der Waals surface area contributed by atoms with E-state index in [1.54, 1.807) is 12.1 Å². The highest BCUT2D eigenvalue weighted by molar-refractivity contribution is 6.31. The number of aliphatic hydroxyl groups excluding tert-OH is 4. The van der Waals surface area contributed by atoms with Crippen LogP contribution in [-0.2, 0) is 15.9 Å². The summed E-state index contributed by atoms with van der Waals surface area (Å²) in [4.78, 5) is 0. The molecule has 1 aliphatic heterocycles. The number of hydrogen-bond donors (Lipinski definition) is 4. The molecule has 0 aromatic heterocycles. The number of aliphatic hydroxyl groups is 4. The van der Waals surface area contributed by atoms with Gasteiger partial charge in [-0.15, -0.1) is 0 Å².